The van der Waals surface area contributed by atoms with Crippen molar-refractivity contribution >= 4 is 91.4 Å². The van der Waals surface area contributed by atoms with Gasteiger partial charge in [0.05, 0.1) is 5.56 Å². The van der Waals surface area contributed by atoms with Gasteiger partial charge in [-0.25, -0.2) is 4.79 Å². The summed E-state index contributed by atoms with van der Waals surface area (Å²) in [6, 6.07) is 3.77. The fourth-order valence-electron chi connectivity index (χ4n) is 1.89. The first-order valence-corrected chi connectivity index (χ1v) is 10.0. The number of thioether (sulfide) groups is 1. The number of hydrogen-bond donors (Lipinski definition) is 2. The van der Waals surface area contributed by atoms with Crippen LogP contribution in [0, 0.1) is 10.7 Å². The SMILES string of the molecule is O=C(NC1(C(=O)O)CCSC1)c1cc(I)cc(I)c1I. The van der Waals surface area contributed by atoms with E-state index >= 15 is 0 Å². The number of rotatable bonds is 3. The van der Waals surface area contributed by atoms with E-state index in [1.54, 1.807) is 17.8 Å². The highest BCUT2D eigenvalue weighted by molar-refractivity contribution is 14.1. The number of carboxylic acid groups (broad SMARTS) is 1. The molecule has 1 amide bonds. The van der Waals surface area contributed by atoms with Crippen LogP contribution in [0.25, 0.3) is 0 Å². The van der Waals surface area contributed by atoms with Crippen LogP contribution in [0.2, 0.25) is 0 Å². The average molecular weight is 629 g/mol. The molecule has 0 saturated carbocycles. The standard InChI is InChI=1S/C12H10I3NO3S/c13-6-3-7(9(15)8(14)4-6)10(17)16-12(11(18)19)1-2-20-5-12/h3-4H,1-2,5H2,(H,16,17)(H,18,19). The maximum absolute atomic E-state index is 12.4. The third-order valence-corrected chi connectivity index (χ3v) is 7.88. The number of amides is 1. The van der Waals surface area contributed by atoms with Crippen molar-refractivity contribution in [2.75, 3.05) is 11.5 Å². The van der Waals surface area contributed by atoms with Crippen LogP contribution in [-0.2, 0) is 4.79 Å². The Hall–Kier alpha value is 0.700. The van der Waals surface area contributed by atoms with Crippen LogP contribution in [0.3, 0.4) is 0 Å². The average Bonchev–Trinajstić information content (AvgIpc) is 2.83. The maximum Gasteiger partial charge on any atom is 0.330 e. The zero-order chi connectivity index (χ0) is 14.9. The first kappa shape index (κ1) is 17.1. The van der Waals surface area contributed by atoms with Crippen LogP contribution in [0.4, 0.5) is 0 Å². The van der Waals surface area contributed by atoms with Crippen molar-refractivity contribution in [3.63, 3.8) is 0 Å². The minimum Gasteiger partial charge on any atom is -0.479 e. The predicted octanol–water partition coefficient (Wildman–Crippen LogP) is 3.19. The molecule has 8 heteroatoms. The minimum atomic E-state index is -1.13. The second-order valence-corrected chi connectivity index (χ2v) is 8.98. The van der Waals surface area contributed by atoms with E-state index in [9.17, 15) is 14.7 Å². The lowest BCUT2D eigenvalue weighted by Crippen LogP contribution is -2.54. The summed E-state index contributed by atoms with van der Waals surface area (Å²) in [5.74, 6) is -0.0824. The largest absolute Gasteiger partial charge is 0.479 e. The minimum absolute atomic E-state index is 0.310. The van der Waals surface area contributed by atoms with Crippen LogP contribution < -0.4 is 5.32 Å². The van der Waals surface area contributed by atoms with Crippen molar-refractivity contribution in [3.05, 3.63) is 28.4 Å². The molecule has 108 valence electrons. The molecular formula is C12H10I3NO3S. The highest BCUT2D eigenvalue weighted by Crippen LogP contribution is 2.29. The quantitative estimate of drug-likeness (QED) is 0.399. The van der Waals surface area contributed by atoms with Gasteiger partial charge in [-0.15, -0.1) is 0 Å². The van der Waals surface area contributed by atoms with E-state index in [4.69, 9.17) is 0 Å². The predicted molar refractivity (Wildman–Crippen MR) is 104 cm³/mol. The molecule has 1 aliphatic rings. The zero-order valence-corrected chi connectivity index (χ0v) is 17.4. The van der Waals surface area contributed by atoms with Gasteiger partial charge in [0, 0.05) is 16.5 Å². The van der Waals surface area contributed by atoms with Gasteiger partial charge in [0.2, 0.25) is 0 Å². The highest BCUT2D eigenvalue weighted by Gasteiger charge is 2.43. The summed E-state index contributed by atoms with van der Waals surface area (Å²) in [5, 5.41) is 12.1. The van der Waals surface area contributed by atoms with E-state index < -0.39 is 11.5 Å². The van der Waals surface area contributed by atoms with E-state index in [0.29, 0.717) is 17.7 Å². The lowest BCUT2D eigenvalue weighted by molar-refractivity contribution is -0.143. The van der Waals surface area contributed by atoms with Crippen LogP contribution in [0.15, 0.2) is 12.1 Å². The third-order valence-electron chi connectivity index (χ3n) is 3.02. The Balaban J connectivity index is 2.30. The molecular weight excluding hydrogens is 619 g/mol. The van der Waals surface area contributed by atoms with Gasteiger partial charge in [0.25, 0.3) is 5.91 Å². The molecule has 1 aromatic rings. The van der Waals surface area contributed by atoms with E-state index in [2.05, 4.69) is 73.1 Å². The van der Waals surface area contributed by atoms with Gasteiger partial charge in [-0.2, -0.15) is 11.8 Å². The summed E-state index contributed by atoms with van der Waals surface area (Å²) in [5.41, 5.74) is -0.586. The topological polar surface area (TPSA) is 66.4 Å². The van der Waals surface area contributed by atoms with Crippen LogP contribution in [0.5, 0.6) is 0 Å². The van der Waals surface area contributed by atoms with E-state index in [1.807, 2.05) is 6.07 Å². The van der Waals surface area contributed by atoms with Gasteiger partial charge >= 0.3 is 5.97 Å². The van der Waals surface area contributed by atoms with Gasteiger partial charge in [0.1, 0.15) is 5.54 Å². The molecule has 2 N–H and O–H groups in total. The molecule has 1 unspecified atom stereocenters. The monoisotopic (exact) mass is 629 g/mol. The third kappa shape index (κ3) is 3.54. The Labute approximate surface area is 161 Å². The van der Waals surface area contributed by atoms with Gasteiger partial charge in [-0.1, -0.05) is 0 Å². The van der Waals surface area contributed by atoms with Crippen LogP contribution >= 0.6 is 79.5 Å². The molecule has 1 aromatic carbocycles. The Kier molecular flexibility index (Phi) is 5.85. The summed E-state index contributed by atoms with van der Waals surface area (Å²) in [7, 11) is 0. The number of nitrogens with one attached hydrogen (secondary N) is 1. The summed E-state index contributed by atoms with van der Waals surface area (Å²) in [6.07, 6.45) is 0.469. The van der Waals surface area contributed by atoms with Crippen molar-refractivity contribution in [1.82, 2.24) is 5.32 Å². The van der Waals surface area contributed by atoms with Crippen molar-refractivity contribution < 1.29 is 14.7 Å². The zero-order valence-electron chi connectivity index (χ0n) is 10.1. The molecule has 0 aromatic heterocycles. The fourth-order valence-corrected chi connectivity index (χ4v) is 5.62. The van der Waals surface area contributed by atoms with Crippen molar-refractivity contribution in [3.8, 4) is 0 Å². The lowest BCUT2D eigenvalue weighted by atomic mass is 9.98. The summed E-state index contributed by atoms with van der Waals surface area (Å²) in [4.78, 5) is 23.9. The van der Waals surface area contributed by atoms with E-state index in [-0.39, 0.29) is 5.91 Å². The molecule has 1 fully saturated rings. The molecule has 20 heavy (non-hydrogen) atoms. The molecule has 1 heterocycles. The normalized spacial score (nSPS) is 21.8. The molecule has 0 bridgehead atoms. The van der Waals surface area contributed by atoms with Crippen molar-refractivity contribution in [1.29, 1.82) is 0 Å². The number of carboxylic acids is 1. The van der Waals surface area contributed by atoms with Gasteiger partial charge < -0.3 is 10.4 Å². The Morgan fingerprint density at radius 2 is 2.00 bits per heavy atom. The lowest BCUT2D eigenvalue weighted by Gasteiger charge is -2.25. The second kappa shape index (κ2) is 6.86. The van der Waals surface area contributed by atoms with Gasteiger partial charge in [-0.05, 0) is 92.1 Å². The maximum atomic E-state index is 12.4. The molecule has 0 radical (unpaired) electrons. The smallest absolute Gasteiger partial charge is 0.330 e. The molecule has 4 nitrogen and oxygen atoms in total. The van der Waals surface area contributed by atoms with Crippen molar-refractivity contribution in [2.24, 2.45) is 0 Å². The fraction of sp³-hybridized carbons (Fsp3) is 0.333. The second-order valence-electron chi connectivity index (χ2n) is 4.39. The molecule has 2 rings (SSSR count). The van der Waals surface area contributed by atoms with Gasteiger partial charge in [-0.3, -0.25) is 4.79 Å². The Morgan fingerprint density at radius 3 is 2.55 bits per heavy atom. The number of carbonyl (C=O) groups excluding carboxylic acids is 1. The molecule has 1 saturated heterocycles. The number of aliphatic carboxylic acids is 1. The summed E-state index contributed by atoms with van der Waals surface area (Å²) < 4.78 is 2.81. The summed E-state index contributed by atoms with van der Waals surface area (Å²) >= 11 is 8.01. The molecule has 1 aliphatic heterocycles. The molecule has 1 atom stereocenters. The molecule has 0 aliphatic carbocycles. The van der Waals surface area contributed by atoms with E-state index in [1.165, 1.54) is 0 Å². The summed E-state index contributed by atoms with van der Waals surface area (Å²) in [6.45, 7) is 0. The van der Waals surface area contributed by atoms with Crippen molar-refractivity contribution in [2.45, 2.75) is 12.0 Å². The number of halogens is 3. The first-order chi connectivity index (χ1) is 9.35. The van der Waals surface area contributed by atoms with Gasteiger partial charge in [0.15, 0.2) is 0 Å². The number of carbonyl (C=O) groups is 2. The number of benzene rings is 1. The first-order valence-electron chi connectivity index (χ1n) is 5.64. The van der Waals surface area contributed by atoms with Crippen LogP contribution in [0.1, 0.15) is 16.8 Å². The number of hydrogen-bond acceptors (Lipinski definition) is 3. The Bertz CT molecular complexity index is 573. The van der Waals surface area contributed by atoms with Crippen LogP contribution in [-0.4, -0.2) is 34.0 Å². The Morgan fingerprint density at radius 1 is 1.30 bits per heavy atom. The van der Waals surface area contributed by atoms with E-state index in [0.717, 1.165) is 16.5 Å². The highest BCUT2D eigenvalue weighted by atomic mass is 127. The molecule has 0 spiro atoms.